The van der Waals surface area contributed by atoms with Gasteiger partial charge in [-0.1, -0.05) is 54.6 Å². The first-order valence-corrected chi connectivity index (χ1v) is 10.2. The van der Waals surface area contributed by atoms with Gasteiger partial charge >= 0.3 is 0 Å². The Morgan fingerprint density at radius 2 is 1.77 bits per heavy atom. The summed E-state index contributed by atoms with van der Waals surface area (Å²) in [6.45, 7) is 4.30. The van der Waals surface area contributed by atoms with Crippen molar-refractivity contribution in [1.82, 2.24) is 0 Å². The molecule has 3 rings (SSSR count). The number of rotatable bonds is 6. The molecule has 0 saturated heterocycles. The molecule has 0 radical (unpaired) electrons. The molecule has 1 N–H and O–H groups in total. The molecule has 0 spiro atoms. The molecular weight excluding hydrogens is 440 g/mol. The highest BCUT2D eigenvalue weighted by molar-refractivity contribution is 9.10. The molecule has 3 aromatic rings. The molecule has 5 heteroatoms. The minimum absolute atomic E-state index is 0.0301. The Bertz CT molecular complexity index is 1110. The minimum Gasteiger partial charge on any atom is -0.488 e. The van der Waals surface area contributed by atoms with Crippen LogP contribution in [-0.2, 0) is 11.4 Å². The van der Waals surface area contributed by atoms with E-state index < -0.39 is 5.91 Å². The van der Waals surface area contributed by atoms with Crippen LogP contribution in [0.4, 0.5) is 5.69 Å². The average Bonchev–Trinajstić information content (AvgIpc) is 2.74. The van der Waals surface area contributed by atoms with Crippen LogP contribution in [0.2, 0.25) is 0 Å². The third-order valence-corrected chi connectivity index (χ3v) is 5.21. The number of carbonyl (C=O) groups excluding carboxylic acids is 1. The van der Waals surface area contributed by atoms with Gasteiger partial charge in [0.25, 0.3) is 5.91 Å². The highest BCUT2D eigenvalue weighted by Crippen LogP contribution is 2.28. The molecule has 0 heterocycles. The molecule has 0 unspecified atom stereocenters. The zero-order valence-corrected chi connectivity index (χ0v) is 18.4. The molecule has 0 aromatic heterocycles. The fourth-order valence-electron chi connectivity index (χ4n) is 2.97. The summed E-state index contributed by atoms with van der Waals surface area (Å²) in [6.07, 6.45) is 1.56. The van der Waals surface area contributed by atoms with Crippen LogP contribution in [0.3, 0.4) is 0 Å². The maximum Gasteiger partial charge on any atom is 0.266 e. The molecule has 0 aliphatic rings. The number of anilines is 1. The number of benzene rings is 3. The van der Waals surface area contributed by atoms with Gasteiger partial charge in [-0.3, -0.25) is 4.79 Å². The lowest BCUT2D eigenvalue weighted by Gasteiger charge is -2.11. The fourth-order valence-corrected chi connectivity index (χ4v) is 3.48. The molecule has 0 fully saturated rings. The summed E-state index contributed by atoms with van der Waals surface area (Å²) in [6, 6.07) is 23.1. The van der Waals surface area contributed by atoms with Gasteiger partial charge in [-0.2, -0.15) is 5.26 Å². The Kier molecular flexibility index (Phi) is 7.05. The topological polar surface area (TPSA) is 62.1 Å². The van der Waals surface area contributed by atoms with Crippen molar-refractivity contribution in [3.05, 3.63) is 99.0 Å². The molecule has 0 bridgehead atoms. The second kappa shape index (κ2) is 9.91. The Morgan fingerprint density at radius 1 is 1.07 bits per heavy atom. The molecule has 0 atom stereocenters. The Hall–Kier alpha value is -3.36. The standard InChI is InChI=1S/C25H21BrN2O2/c1-17-7-6-8-18(2)24(17)28-25(29)21(15-27)13-20-11-12-23(22(26)14-20)30-16-19-9-4-3-5-10-19/h3-14H,16H2,1-2H3,(H,28,29). The van der Waals surface area contributed by atoms with Gasteiger partial charge in [-0.25, -0.2) is 0 Å². The van der Waals surface area contributed by atoms with Crippen LogP contribution in [0.15, 0.2) is 76.8 Å². The van der Waals surface area contributed by atoms with Crippen molar-refractivity contribution in [3.63, 3.8) is 0 Å². The Balaban J connectivity index is 1.74. The molecule has 0 aliphatic heterocycles. The van der Waals surface area contributed by atoms with E-state index in [0.29, 0.717) is 12.4 Å². The largest absolute Gasteiger partial charge is 0.488 e. The molecule has 4 nitrogen and oxygen atoms in total. The number of ether oxygens (including phenoxy) is 1. The first-order valence-electron chi connectivity index (χ1n) is 9.43. The van der Waals surface area contributed by atoms with Crippen LogP contribution < -0.4 is 10.1 Å². The van der Waals surface area contributed by atoms with Crippen LogP contribution in [0.5, 0.6) is 5.75 Å². The second-order valence-corrected chi connectivity index (χ2v) is 7.71. The van der Waals surface area contributed by atoms with Crippen molar-refractivity contribution in [2.75, 3.05) is 5.32 Å². The first kappa shape index (κ1) is 21.4. The number of para-hydroxylation sites is 1. The predicted octanol–water partition coefficient (Wildman–Crippen LogP) is 6.19. The van der Waals surface area contributed by atoms with E-state index >= 15 is 0 Å². The zero-order valence-electron chi connectivity index (χ0n) is 16.8. The van der Waals surface area contributed by atoms with Crippen LogP contribution in [0.25, 0.3) is 6.08 Å². The van der Waals surface area contributed by atoms with E-state index in [1.54, 1.807) is 6.08 Å². The Morgan fingerprint density at radius 3 is 2.40 bits per heavy atom. The van der Waals surface area contributed by atoms with E-state index in [2.05, 4.69) is 21.2 Å². The first-order chi connectivity index (χ1) is 14.5. The van der Waals surface area contributed by atoms with Crippen LogP contribution in [0, 0.1) is 25.2 Å². The van der Waals surface area contributed by atoms with E-state index in [1.807, 2.05) is 86.6 Å². The number of nitrogens with one attached hydrogen (secondary N) is 1. The molecule has 30 heavy (non-hydrogen) atoms. The number of carbonyl (C=O) groups is 1. The lowest BCUT2D eigenvalue weighted by Crippen LogP contribution is -2.15. The highest BCUT2D eigenvalue weighted by atomic mass is 79.9. The maximum atomic E-state index is 12.6. The number of aryl methyl sites for hydroxylation is 2. The quantitative estimate of drug-likeness (QED) is 0.352. The van der Waals surface area contributed by atoms with Gasteiger partial charge in [0.15, 0.2) is 0 Å². The van der Waals surface area contributed by atoms with E-state index in [4.69, 9.17) is 4.74 Å². The number of amides is 1. The van der Waals surface area contributed by atoms with E-state index in [9.17, 15) is 10.1 Å². The van der Waals surface area contributed by atoms with E-state index in [-0.39, 0.29) is 5.57 Å². The van der Waals surface area contributed by atoms with Gasteiger partial charge in [-0.15, -0.1) is 0 Å². The van der Waals surface area contributed by atoms with Crippen molar-refractivity contribution in [3.8, 4) is 11.8 Å². The van der Waals surface area contributed by atoms with Crippen molar-refractivity contribution < 1.29 is 9.53 Å². The number of nitrogens with zero attached hydrogens (tertiary/aromatic N) is 1. The smallest absolute Gasteiger partial charge is 0.266 e. The third kappa shape index (κ3) is 5.37. The summed E-state index contributed by atoms with van der Waals surface area (Å²) < 4.78 is 6.60. The molecule has 0 saturated carbocycles. The van der Waals surface area contributed by atoms with Gasteiger partial charge in [0.2, 0.25) is 0 Å². The fraction of sp³-hybridized carbons (Fsp3) is 0.120. The average molecular weight is 461 g/mol. The van der Waals surface area contributed by atoms with Gasteiger partial charge in [-0.05, 0) is 70.2 Å². The third-order valence-electron chi connectivity index (χ3n) is 4.59. The summed E-state index contributed by atoms with van der Waals surface area (Å²) in [7, 11) is 0. The summed E-state index contributed by atoms with van der Waals surface area (Å²) >= 11 is 3.50. The summed E-state index contributed by atoms with van der Waals surface area (Å²) in [5.74, 6) is 0.255. The molecule has 1 amide bonds. The van der Waals surface area contributed by atoms with Gasteiger partial charge in [0, 0.05) is 5.69 Å². The number of hydrogen-bond donors (Lipinski definition) is 1. The Labute approximate surface area is 184 Å². The van der Waals surface area contributed by atoms with E-state index in [0.717, 1.165) is 32.4 Å². The normalized spacial score (nSPS) is 10.9. The summed E-state index contributed by atoms with van der Waals surface area (Å²) in [4.78, 5) is 12.6. The van der Waals surface area contributed by atoms with E-state index in [1.165, 1.54) is 0 Å². The maximum absolute atomic E-state index is 12.6. The summed E-state index contributed by atoms with van der Waals surface area (Å²) in [5.41, 5.74) is 4.45. The van der Waals surface area contributed by atoms with Gasteiger partial charge in [0.05, 0.1) is 4.47 Å². The lowest BCUT2D eigenvalue weighted by molar-refractivity contribution is -0.112. The molecule has 0 aliphatic carbocycles. The van der Waals surface area contributed by atoms with Crippen LogP contribution in [0.1, 0.15) is 22.3 Å². The number of hydrogen-bond acceptors (Lipinski definition) is 3. The van der Waals surface area contributed by atoms with Crippen LogP contribution >= 0.6 is 15.9 Å². The lowest BCUT2D eigenvalue weighted by atomic mass is 10.1. The predicted molar refractivity (Wildman–Crippen MR) is 123 cm³/mol. The number of nitriles is 1. The SMILES string of the molecule is Cc1cccc(C)c1NC(=O)C(C#N)=Cc1ccc(OCc2ccccc2)c(Br)c1. The molecule has 150 valence electrons. The monoisotopic (exact) mass is 460 g/mol. The molecular formula is C25H21BrN2O2. The second-order valence-electron chi connectivity index (χ2n) is 6.85. The van der Waals surface area contributed by atoms with Crippen LogP contribution in [-0.4, -0.2) is 5.91 Å². The number of halogens is 1. The summed E-state index contributed by atoms with van der Waals surface area (Å²) in [5, 5.41) is 12.3. The van der Waals surface area contributed by atoms with Gasteiger partial charge in [0.1, 0.15) is 24.0 Å². The van der Waals surface area contributed by atoms with Crippen molar-refractivity contribution in [2.24, 2.45) is 0 Å². The van der Waals surface area contributed by atoms with Crippen molar-refractivity contribution >= 4 is 33.6 Å². The van der Waals surface area contributed by atoms with Crippen molar-refractivity contribution in [1.29, 1.82) is 5.26 Å². The van der Waals surface area contributed by atoms with Gasteiger partial charge < -0.3 is 10.1 Å². The zero-order chi connectivity index (χ0) is 21.5. The van der Waals surface area contributed by atoms with Crippen molar-refractivity contribution in [2.45, 2.75) is 20.5 Å². The minimum atomic E-state index is -0.435. The molecule has 3 aromatic carbocycles. The highest BCUT2D eigenvalue weighted by Gasteiger charge is 2.13.